The fraction of sp³-hybridized carbons (Fsp3) is 0.182. The van der Waals surface area contributed by atoms with E-state index in [1.54, 1.807) is 11.7 Å². The Bertz CT molecular complexity index is 1130. The van der Waals surface area contributed by atoms with Gasteiger partial charge in [0.25, 0.3) is 6.43 Å². The van der Waals surface area contributed by atoms with Gasteiger partial charge in [-0.2, -0.15) is 5.10 Å². The van der Waals surface area contributed by atoms with Crippen molar-refractivity contribution in [2.45, 2.75) is 6.43 Å². The van der Waals surface area contributed by atoms with Crippen molar-refractivity contribution in [3.8, 4) is 22.5 Å². The molecule has 2 aromatic carbocycles. The van der Waals surface area contributed by atoms with Crippen LogP contribution in [-0.2, 0) is 7.05 Å². The van der Waals surface area contributed by atoms with Crippen LogP contribution >= 0.6 is 0 Å². The van der Waals surface area contributed by atoms with Crippen LogP contribution in [0.5, 0.6) is 0 Å². The van der Waals surface area contributed by atoms with Crippen LogP contribution in [-0.4, -0.2) is 28.9 Å². The van der Waals surface area contributed by atoms with E-state index in [1.807, 2.05) is 73.6 Å². The molecule has 0 N–H and O–H groups in total. The van der Waals surface area contributed by atoms with Crippen molar-refractivity contribution in [3.05, 3.63) is 66.2 Å². The van der Waals surface area contributed by atoms with Gasteiger partial charge in [-0.3, -0.25) is 0 Å². The van der Waals surface area contributed by atoms with Crippen LogP contribution in [0.15, 0.2) is 60.7 Å². The maximum atomic E-state index is 14.0. The normalized spacial score (nSPS) is 11.4. The van der Waals surface area contributed by atoms with Crippen molar-refractivity contribution in [2.75, 3.05) is 19.0 Å². The Morgan fingerprint density at radius 1 is 0.929 bits per heavy atom. The van der Waals surface area contributed by atoms with Gasteiger partial charge in [-0.25, -0.2) is 18.4 Å². The smallest absolute Gasteiger partial charge is 0.264 e. The fourth-order valence-corrected chi connectivity index (χ4v) is 3.34. The van der Waals surface area contributed by atoms with Crippen molar-refractivity contribution in [1.82, 2.24) is 14.8 Å². The molecule has 0 saturated heterocycles. The third kappa shape index (κ3) is 3.11. The average Bonchev–Trinajstić information content (AvgIpc) is 3.04. The summed E-state index contributed by atoms with van der Waals surface area (Å²) in [7, 11) is 5.61. The van der Waals surface area contributed by atoms with Crippen LogP contribution in [0.3, 0.4) is 0 Å². The number of hydrogen-bond donors (Lipinski definition) is 0. The molecule has 0 amide bonds. The molecule has 6 heteroatoms. The molecule has 4 rings (SSSR count). The molecule has 0 saturated carbocycles. The number of aryl methyl sites for hydroxylation is 1. The predicted molar refractivity (Wildman–Crippen MR) is 109 cm³/mol. The summed E-state index contributed by atoms with van der Waals surface area (Å²) in [6, 6.07) is 18.5. The first-order valence-electron chi connectivity index (χ1n) is 8.94. The SMILES string of the molecule is CN(C)c1cccc(-c2cc(C(F)F)c3c(-c4ccccc4)nn(C)c3n2)c1. The van der Waals surface area contributed by atoms with E-state index >= 15 is 0 Å². The van der Waals surface area contributed by atoms with Gasteiger partial charge in [-0.1, -0.05) is 42.5 Å². The Labute approximate surface area is 162 Å². The lowest BCUT2D eigenvalue weighted by Crippen LogP contribution is -2.08. The summed E-state index contributed by atoms with van der Waals surface area (Å²) in [6.07, 6.45) is -2.63. The maximum absolute atomic E-state index is 14.0. The molecule has 0 spiro atoms. The molecular weight excluding hydrogens is 358 g/mol. The van der Waals surface area contributed by atoms with Gasteiger partial charge in [-0.15, -0.1) is 0 Å². The molecule has 0 atom stereocenters. The highest BCUT2D eigenvalue weighted by atomic mass is 19.3. The lowest BCUT2D eigenvalue weighted by molar-refractivity contribution is 0.153. The van der Waals surface area contributed by atoms with E-state index in [2.05, 4.69) is 10.1 Å². The molecule has 0 unspecified atom stereocenters. The second-order valence-electron chi connectivity index (χ2n) is 6.88. The third-order valence-electron chi connectivity index (χ3n) is 4.76. The zero-order chi connectivity index (χ0) is 19.8. The van der Waals surface area contributed by atoms with Crippen LogP contribution in [0.2, 0.25) is 0 Å². The van der Waals surface area contributed by atoms with E-state index in [0.717, 1.165) is 16.8 Å². The molecule has 0 radical (unpaired) electrons. The Morgan fingerprint density at radius 2 is 1.64 bits per heavy atom. The number of rotatable bonds is 4. The van der Waals surface area contributed by atoms with Crippen LogP contribution in [0.25, 0.3) is 33.5 Å². The maximum Gasteiger partial charge on any atom is 0.264 e. The zero-order valence-electron chi connectivity index (χ0n) is 15.9. The van der Waals surface area contributed by atoms with E-state index in [1.165, 1.54) is 6.07 Å². The fourth-order valence-electron chi connectivity index (χ4n) is 3.34. The highest BCUT2D eigenvalue weighted by Gasteiger charge is 2.22. The molecular formula is C22H20F2N4. The molecule has 4 nitrogen and oxygen atoms in total. The van der Waals surface area contributed by atoms with E-state index in [4.69, 9.17) is 0 Å². The number of aromatic nitrogens is 3. The molecule has 4 aromatic rings. The molecule has 0 bridgehead atoms. The van der Waals surface area contributed by atoms with Gasteiger partial charge in [0.2, 0.25) is 0 Å². The minimum atomic E-state index is -2.63. The quantitative estimate of drug-likeness (QED) is 0.483. The number of anilines is 1. The second kappa shape index (κ2) is 7.03. The highest BCUT2D eigenvalue weighted by Crippen LogP contribution is 2.37. The van der Waals surface area contributed by atoms with Gasteiger partial charge >= 0.3 is 0 Å². The summed E-state index contributed by atoms with van der Waals surface area (Å²) in [5, 5.41) is 4.90. The molecule has 142 valence electrons. The highest BCUT2D eigenvalue weighted by molar-refractivity contribution is 5.95. The van der Waals surface area contributed by atoms with Gasteiger partial charge in [0.15, 0.2) is 5.65 Å². The Balaban J connectivity index is 1.98. The standard InChI is InChI=1S/C22H20F2N4/c1-27(2)16-11-7-10-15(12-16)18-13-17(21(23)24)19-20(14-8-5-4-6-9-14)26-28(3)22(19)25-18/h4-13,21H,1-3H3. The predicted octanol–water partition coefficient (Wildman–Crippen LogP) is 5.31. The van der Waals surface area contributed by atoms with Crippen LogP contribution in [0.4, 0.5) is 14.5 Å². The Morgan fingerprint density at radius 3 is 2.32 bits per heavy atom. The first kappa shape index (κ1) is 18.1. The lowest BCUT2D eigenvalue weighted by atomic mass is 10.0. The molecule has 28 heavy (non-hydrogen) atoms. The number of halogens is 2. The number of hydrogen-bond acceptors (Lipinski definition) is 3. The molecule has 2 heterocycles. The van der Waals surface area contributed by atoms with E-state index < -0.39 is 6.43 Å². The van der Waals surface area contributed by atoms with Crippen molar-refractivity contribution in [1.29, 1.82) is 0 Å². The molecule has 0 aliphatic heterocycles. The molecule has 0 aliphatic carbocycles. The summed E-state index contributed by atoms with van der Waals surface area (Å²) in [5.41, 5.74) is 3.98. The van der Waals surface area contributed by atoms with Gasteiger partial charge < -0.3 is 4.90 Å². The Hall–Kier alpha value is -3.28. The van der Waals surface area contributed by atoms with Gasteiger partial charge in [-0.05, 0) is 18.2 Å². The first-order valence-corrected chi connectivity index (χ1v) is 8.94. The third-order valence-corrected chi connectivity index (χ3v) is 4.76. The summed E-state index contributed by atoms with van der Waals surface area (Å²) in [4.78, 5) is 6.65. The first-order chi connectivity index (χ1) is 13.5. The number of fused-ring (bicyclic) bond motifs is 1. The topological polar surface area (TPSA) is 34.0 Å². The average molecular weight is 378 g/mol. The van der Waals surface area contributed by atoms with Crippen molar-refractivity contribution >= 4 is 16.7 Å². The van der Waals surface area contributed by atoms with Crippen molar-refractivity contribution in [2.24, 2.45) is 7.05 Å². The van der Waals surface area contributed by atoms with E-state index in [-0.39, 0.29) is 5.56 Å². The minimum absolute atomic E-state index is 0.0535. The van der Waals surface area contributed by atoms with Crippen molar-refractivity contribution in [3.63, 3.8) is 0 Å². The largest absolute Gasteiger partial charge is 0.378 e. The minimum Gasteiger partial charge on any atom is -0.378 e. The molecule has 2 aromatic heterocycles. The zero-order valence-corrected chi connectivity index (χ0v) is 15.9. The van der Waals surface area contributed by atoms with Gasteiger partial charge in [0, 0.05) is 43.5 Å². The van der Waals surface area contributed by atoms with E-state index in [9.17, 15) is 8.78 Å². The summed E-state index contributed by atoms with van der Waals surface area (Å²) in [6.45, 7) is 0. The van der Waals surface area contributed by atoms with Crippen LogP contribution in [0.1, 0.15) is 12.0 Å². The number of alkyl halides is 2. The monoisotopic (exact) mass is 378 g/mol. The number of benzene rings is 2. The molecule has 0 aliphatic rings. The Kier molecular flexibility index (Phi) is 4.55. The summed E-state index contributed by atoms with van der Waals surface area (Å²) < 4.78 is 29.6. The van der Waals surface area contributed by atoms with Crippen LogP contribution in [0, 0.1) is 0 Å². The number of pyridine rings is 1. The number of nitrogens with zero attached hydrogens (tertiary/aromatic N) is 4. The van der Waals surface area contributed by atoms with E-state index in [0.29, 0.717) is 22.4 Å². The summed E-state index contributed by atoms with van der Waals surface area (Å²) in [5.74, 6) is 0. The second-order valence-corrected chi connectivity index (χ2v) is 6.88. The molecule has 0 fully saturated rings. The van der Waals surface area contributed by atoms with Gasteiger partial charge in [0.1, 0.15) is 5.69 Å². The van der Waals surface area contributed by atoms with Crippen molar-refractivity contribution < 1.29 is 8.78 Å². The lowest BCUT2D eigenvalue weighted by Gasteiger charge is -2.14. The van der Waals surface area contributed by atoms with Crippen LogP contribution < -0.4 is 4.90 Å². The summed E-state index contributed by atoms with van der Waals surface area (Å²) >= 11 is 0. The van der Waals surface area contributed by atoms with Gasteiger partial charge in [0.05, 0.1) is 11.1 Å².